The molecule has 0 aliphatic heterocycles. The Hall–Kier alpha value is 0.120. The van der Waals surface area contributed by atoms with Crippen molar-refractivity contribution in [2.24, 2.45) is 5.50 Å². The lowest BCUT2D eigenvalue weighted by Gasteiger charge is -1.81. The smallest absolute Gasteiger partial charge is 0.270 e. The summed E-state index contributed by atoms with van der Waals surface area (Å²) in [5.74, 6) is 0. The van der Waals surface area contributed by atoms with Crippen LogP contribution in [0.5, 0.6) is 0 Å². The Morgan fingerprint density at radius 2 is 2.00 bits per heavy atom. The quantitative estimate of drug-likeness (QED) is 0.453. The summed E-state index contributed by atoms with van der Waals surface area (Å²) in [6.45, 7) is 0.854. The van der Waals surface area contributed by atoms with E-state index in [0.717, 1.165) is 6.66 Å². The van der Waals surface area contributed by atoms with E-state index in [0.29, 0.717) is 0 Å². The van der Waals surface area contributed by atoms with Crippen LogP contribution in [0.1, 0.15) is 0 Å². The molecule has 0 bridgehead atoms. The zero-order valence-corrected chi connectivity index (χ0v) is 3.71. The van der Waals surface area contributed by atoms with Crippen molar-refractivity contribution in [3.63, 3.8) is 0 Å². The molecule has 0 aromatic carbocycles. The second-order valence-electron chi connectivity index (χ2n) is 0.882. The molecule has 1 unspecified atom stereocenters. The number of nitrogens with two attached hydrogens (primary N) is 1. The maximum atomic E-state index is 11.0. The molecule has 0 heterocycles. The molecule has 0 aromatic rings. The summed E-state index contributed by atoms with van der Waals surface area (Å²) in [6, 6.07) is 0. The lowest BCUT2D eigenvalue weighted by Crippen LogP contribution is -1.80. The summed E-state index contributed by atoms with van der Waals surface area (Å²) >= 11 is 0. The van der Waals surface area contributed by atoms with Crippen molar-refractivity contribution in [2.45, 2.75) is 0 Å². The predicted molar refractivity (Wildman–Crippen MR) is 18.8 cm³/mol. The van der Waals surface area contributed by atoms with Crippen molar-refractivity contribution in [3.8, 4) is 0 Å². The van der Waals surface area contributed by atoms with E-state index in [-0.39, 0.29) is 0 Å². The highest BCUT2D eigenvalue weighted by atomic mass is 31.2. The van der Waals surface area contributed by atoms with Crippen molar-refractivity contribution in [2.75, 3.05) is 6.66 Å². The van der Waals surface area contributed by atoms with Crippen LogP contribution in [-0.2, 0) is 4.57 Å². The highest BCUT2D eigenvalue weighted by Crippen LogP contribution is 2.30. The number of rotatable bonds is 0. The molecule has 4 heteroatoms. The van der Waals surface area contributed by atoms with Gasteiger partial charge in [0, 0.05) is 6.66 Å². The summed E-state index contributed by atoms with van der Waals surface area (Å²) in [7, 11) is -3.64. The largest absolute Gasteiger partial charge is 0.302 e. The van der Waals surface area contributed by atoms with E-state index < -0.39 is 7.60 Å². The Morgan fingerprint density at radius 3 is 2.00 bits per heavy atom. The third-order valence-electron chi connectivity index (χ3n) is 0. The molecule has 0 aliphatic rings. The van der Waals surface area contributed by atoms with Gasteiger partial charge in [-0.3, -0.25) is 10.1 Å². The first-order valence-corrected chi connectivity index (χ1v) is 3.17. The number of hydrogen-bond acceptors (Lipinski definition) is 1. The minimum atomic E-state index is -3.64. The van der Waals surface area contributed by atoms with Gasteiger partial charge in [0.1, 0.15) is 0 Å². The van der Waals surface area contributed by atoms with Crippen LogP contribution in [0.2, 0.25) is 0 Å². The summed E-state index contributed by atoms with van der Waals surface area (Å²) in [5.41, 5.74) is 4.24. The molecule has 5 heavy (non-hydrogen) atoms. The van der Waals surface area contributed by atoms with E-state index in [4.69, 9.17) is 0 Å². The predicted octanol–water partition coefficient (Wildman–Crippen LogP) is 0.738. The van der Waals surface area contributed by atoms with E-state index in [1.54, 1.807) is 0 Å². The molecule has 2 N–H and O–H groups in total. The normalized spacial score (nSPS) is 21.4. The average molecular weight is 97.0 g/mol. The van der Waals surface area contributed by atoms with Crippen molar-refractivity contribution in [3.05, 3.63) is 0 Å². The van der Waals surface area contributed by atoms with Crippen LogP contribution >= 0.6 is 7.60 Å². The second-order valence-corrected chi connectivity index (χ2v) is 2.65. The van der Waals surface area contributed by atoms with Crippen molar-refractivity contribution >= 4 is 7.60 Å². The molecule has 0 saturated carbocycles. The zero-order valence-electron chi connectivity index (χ0n) is 2.81. The number of hydrogen-bond donors (Lipinski definition) is 1. The third kappa shape index (κ3) is 1290. The van der Waals surface area contributed by atoms with E-state index in [1.165, 1.54) is 0 Å². The molecule has 0 radical (unpaired) electrons. The maximum Gasteiger partial charge on any atom is 0.302 e. The van der Waals surface area contributed by atoms with E-state index in [2.05, 4.69) is 5.50 Å². The lowest BCUT2D eigenvalue weighted by molar-refractivity contribution is 0.547. The van der Waals surface area contributed by atoms with E-state index in [9.17, 15) is 8.76 Å². The average Bonchev–Trinajstić information content (AvgIpc) is 0.722. The fourth-order valence-electron chi connectivity index (χ4n) is 0. The minimum Gasteiger partial charge on any atom is -0.270 e. The molecule has 1 atom stereocenters. The molecule has 0 saturated heterocycles. The SMILES string of the molecule is CP(N)(=O)F. The van der Waals surface area contributed by atoms with Crippen molar-refractivity contribution < 1.29 is 8.76 Å². The van der Waals surface area contributed by atoms with Gasteiger partial charge in [0.25, 0.3) is 0 Å². The van der Waals surface area contributed by atoms with Crippen molar-refractivity contribution in [1.82, 2.24) is 0 Å². The van der Waals surface area contributed by atoms with Crippen LogP contribution < -0.4 is 5.50 Å². The molecule has 0 rings (SSSR count). The Kier molecular flexibility index (Phi) is 1.10. The zero-order chi connectivity index (χ0) is 4.50. The van der Waals surface area contributed by atoms with Gasteiger partial charge in [-0.05, 0) is 0 Å². The summed E-state index contributed by atoms with van der Waals surface area (Å²) < 4.78 is 20.3. The van der Waals surface area contributed by atoms with Gasteiger partial charge in [0.05, 0.1) is 0 Å². The molecular formula is CH5FNOP. The first-order valence-electron chi connectivity index (χ1n) is 1.06. The van der Waals surface area contributed by atoms with Gasteiger partial charge in [0.2, 0.25) is 0 Å². The standard InChI is InChI=1S/CH5FNOP/c1-5(2,3)4/h1H3,(H2,3,4). The van der Waals surface area contributed by atoms with E-state index >= 15 is 0 Å². The fourth-order valence-corrected chi connectivity index (χ4v) is 0. The minimum absolute atomic E-state index is 0.854. The molecule has 0 aliphatic carbocycles. The summed E-state index contributed by atoms with van der Waals surface area (Å²) in [5, 5.41) is 0. The van der Waals surface area contributed by atoms with Gasteiger partial charge in [-0.2, -0.15) is 4.20 Å². The van der Waals surface area contributed by atoms with Crippen LogP contribution in [0, 0.1) is 0 Å². The first kappa shape index (κ1) is 5.12. The van der Waals surface area contributed by atoms with Crippen LogP contribution in [0.15, 0.2) is 0 Å². The molecule has 0 amide bonds. The second kappa shape index (κ2) is 1.07. The monoisotopic (exact) mass is 97.0 g/mol. The molecule has 0 spiro atoms. The Bertz CT molecular complexity index is 57.8. The van der Waals surface area contributed by atoms with Crippen LogP contribution in [0.4, 0.5) is 4.20 Å². The topological polar surface area (TPSA) is 43.1 Å². The van der Waals surface area contributed by atoms with Gasteiger partial charge < -0.3 is 0 Å². The molecule has 2 nitrogen and oxygen atoms in total. The summed E-state index contributed by atoms with van der Waals surface area (Å²) in [6.07, 6.45) is 0. The van der Waals surface area contributed by atoms with Gasteiger partial charge in [-0.25, -0.2) is 0 Å². The Morgan fingerprint density at radius 1 is 2.00 bits per heavy atom. The van der Waals surface area contributed by atoms with Crippen molar-refractivity contribution in [1.29, 1.82) is 0 Å². The van der Waals surface area contributed by atoms with Gasteiger partial charge in [0.15, 0.2) is 0 Å². The Balaban J connectivity index is 3.47. The summed E-state index contributed by atoms with van der Waals surface area (Å²) in [4.78, 5) is 0. The van der Waals surface area contributed by atoms with Crippen LogP contribution in [0.25, 0.3) is 0 Å². The molecule has 0 fully saturated rings. The highest BCUT2D eigenvalue weighted by molar-refractivity contribution is 7.55. The van der Waals surface area contributed by atoms with Gasteiger partial charge >= 0.3 is 7.60 Å². The maximum absolute atomic E-state index is 11.0. The lowest BCUT2D eigenvalue weighted by atomic mass is 12.0. The number of halogens is 1. The molecule has 32 valence electrons. The van der Waals surface area contributed by atoms with Crippen LogP contribution in [0.3, 0.4) is 0 Å². The molecular weight excluding hydrogens is 92.0 g/mol. The highest BCUT2D eigenvalue weighted by Gasteiger charge is 1.96. The first-order chi connectivity index (χ1) is 2.00. The van der Waals surface area contributed by atoms with E-state index in [1.807, 2.05) is 0 Å². The molecule has 0 aromatic heterocycles. The third-order valence-corrected chi connectivity index (χ3v) is 0. The Labute approximate surface area is 29.7 Å². The fraction of sp³-hybridized carbons (Fsp3) is 1.00. The van der Waals surface area contributed by atoms with Gasteiger partial charge in [-0.15, -0.1) is 0 Å². The van der Waals surface area contributed by atoms with Gasteiger partial charge in [-0.1, -0.05) is 0 Å². The van der Waals surface area contributed by atoms with Crippen LogP contribution in [-0.4, -0.2) is 6.66 Å².